The third-order valence-corrected chi connectivity index (χ3v) is 7.83. The number of amides is 1. The van der Waals surface area contributed by atoms with E-state index in [0.717, 1.165) is 5.75 Å². The van der Waals surface area contributed by atoms with Gasteiger partial charge in [-0.05, 0) is 36.4 Å². The number of hydrogen-bond acceptors (Lipinski definition) is 3. The molecule has 0 aliphatic rings. The number of benzene rings is 4. The molecule has 0 saturated heterocycles. The molecule has 4 aromatic rings. The molecule has 4 nitrogen and oxygen atoms in total. The molecule has 154 valence electrons. The van der Waals surface area contributed by atoms with Gasteiger partial charge in [0.2, 0.25) is 5.91 Å². The Morgan fingerprint density at radius 2 is 1.10 bits per heavy atom. The first kappa shape index (κ1) is 20.6. The maximum absolute atomic E-state index is 14.0. The van der Waals surface area contributed by atoms with Crippen LogP contribution in [0.4, 0.5) is 5.69 Å². The normalized spacial score (nSPS) is 11.0. The Kier molecular flexibility index (Phi) is 6.30. The summed E-state index contributed by atoms with van der Waals surface area (Å²) in [6.45, 7) is 0. The number of para-hydroxylation sites is 1. The number of ether oxygens (including phenoxy) is 1. The number of rotatable bonds is 7. The average Bonchev–Trinajstić information content (AvgIpc) is 2.82. The van der Waals surface area contributed by atoms with Gasteiger partial charge in [-0.15, -0.1) is 0 Å². The minimum Gasteiger partial charge on any atom is -0.457 e. The molecular formula is C26H22NO3P. The molecule has 5 heteroatoms. The molecule has 0 radical (unpaired) electrons. The first-order chi connectivity index (χ1) is 15.1. The van der Waals surface area contributed by atoms with Crippen molar-refractivity contribution in [3.05, 3.63) is 115 Å². The SMILES string of the molecule is O=C(CP(=O)(c1ccccc1)c1ccccc1)Nc1ccc(Oc2ccccc2)cc1. The van der Waals surface area contributed by atoms with Crippen LogP contribution in [0.15, 0.2) is 115 Å². The minimum atomic E-state index is -3.11. The van der Waals surface area contributed by atoms with Crippen molar-refractivity contribution in [1.82, 2.24) is 0 Å². The third kappa shape index (κ3) is 5.11. The molecule has 0 unspecified atom stereocenters. The lowest BCUT2D eigenvalue weighted by atomic mass is 10.3. The van der Waals surface area contributed by atoms with Crippen molar-refractivity contribution in [3.8, 4) is 11.5 Å². The number of anilines is 1. The number of carbonyl (C=O) groups excluding carboxylic acids is 1. The van der Waals surface area contributed by atoms with Crippen molar-refractivity contribution >= 4 is 29.3 Å². The van der Waals surface area contributed by atoms with Crippen LogP contribution in [0, 0.1) is 0 Å². The average molecular weight is 427 g/mol. The summed E-state index contributed by atoms with van der Waals surface area (Å²) >= 11 is 0. The standard InChI is InChI=1S/C26H22NO3P/c28-26(27-21-16-18-23(19-17-21)30-22-10-4-1-5-11-22)20-31(29,24-12-6-2-7-13-24)25-14-8-3-9-15-25/h1-19H,20H2,(H,27,28). The van der Waals surface area contributed by atoms with Crippen LogP contribution in [0.2, 0.25) is 0 Å². The molecule has 1 N–H and O–H groups in total. The van der Waals surface area contributed by atoms with Crippen molar-refractivity contribution in [2.75, 3.05) is 11.5 Å². The maximum Gasteiger partial charge on any atom is 0.232 e. The lowest BCUT2D eigenvalue weighted by molar-refractivity contribution is -0.113. The fourth-order valence-electron chi connectivity index (χ4n) is 3.30. The van der Waals surface area contributed by atoms with E-state index in [1.54, 1.807) is 24.3 Å². The number of nitrogens with one attached hydrogen (secondary N) is 1. The van der Waals surface area contributed by atoms with Crippen molar-refractivity contribution in [2.24, 2.45) is 0 Å². The molecular weight excluding hydrogens is 405 g/mol. The molecule has 0 aliphatic heterocycles. The van der Waals surface area contributed by atoms with E-state index in [9.17, 15) is 9.36 Å². The van der Waals surface area contributed by atoms with Gasteiger partial charge in [0.05, 0.1) is 6.16 Å². The summed E-state index contributed by atoms with van der Waals surface area (Å²) < 4.78 is 19.8. The summed E-state index contributed by atoms with van der Waals surface area (Å²) in [6.07, 6.45) is -0.108. The maximum atomic E-state index is 14.0. The molecule has 4 rings (SSSR count). The molecule has 0 aliphatic carbocycles. The van der Waals surface area contributed by atoms with Crippen LogP contribution in [0.1, 0.15) is 0 Å². The second-order valence-electron chi connectivity index (χ2n) is 7.06. The molecule has 1 amide bonds. The lowest BCUT2D eigenvalue weighted by Gasteiger charge is -2.19. The van der Waals surface area contributed by atoms with Gasteiger partial charge >= 0.3 is 0 Å². The Labute approximate surface area is 181 Å². The van der Waals surface area contributed by atoms with Gasteiger partial charge in [0.15, 0.2) is 7.14 Å². The fraction of sp³-hybridized carbons (Fsp3) is 0.0385. The summed E-state index contributed by atoms with van der Waals surface area (Å²) in [6, 6.07) is 35.0. The van der Waals surface area contributed by atoms with Crippen molar-refractivity contribution in [3.63, 3.8) is 0 Å². The Balaban J connectivity index is 1.49. The smallest absolute Gasteiger partial charge is 0.232 e. The first-order valence-electron chi connectivity index (χ1n) is 9.97. The van der Waals surface area contributed by atoms with Crippen LogP contribution in [-0.2, 0) is 9.36 Å². The highest BCUT2D eigenvalue weighted by Gasteiger charge is 2.30. The van der Waals surface area contributed by atoms with Gasteiger partial charge in [-0.1, -0.05) is 78.9 Å². The molecule has 0 atom stereocenters. The van der Waals surface area contributed by atoms with Crippen molar-refractivity contribution in [2.45, 2.75) is 0 Å². The monoisotopic (exact) mass is 427 g/mol. The van der Waals surface area contributed by atoms with E-state index in [-0.39, 0.29) is 12.1 Å². The molecule has 0 spiro atoms. The molecule has 0 saturated carbocycles. The van der Waals surface area contributed by atoms with Crippen LogP contribution in [0.3, 0.4) is 0 Å². The van der Waals surface area contributed by atoms with Gasteiger partial charge in [-0.3, -0.25) is 4.79 Å². The fourth-order valence-corrected chi connectivity index (χ4v) is 5.76. The van der Waals surface area contributed by atoms with Crippen LogP contribution in [0.5, 0.6) is 11.5 Å². The van der Waals surface area contributed by atoms with Gasteiger partial charge in [0.1, 0.15) is 11.5 Å². The largest absolute Gasteiger partial charge is 0.457 e. The van der Waals surface area contributed by atoms with E-state index < -0.39 is 7.14 Å². The zero-order valence-corrected chi connectivity index (χ0v) is 17.7. The molecule has 0 fully saturated rings. The summed E-state index contributed by atoms with van der Waals surface area (Å²) in [5.74, 6) is 1.11. The van der Waals surface area contributed by atoms with Crippen molar-refractivity contribution < 1.29 is 14.1 Å². The molecule has 31 heavy (non-hydrogen) atoms. The van der Waals surface area contributed by atoms with Gasteiger partial charge in [-0.2, -0.15) is 0 Å². The zero-order valence-electron chi connectivity index (χ0n) is 16.8. The molecule has 4 aromatic carbocycles. The van der Waals surface area contributed by atoms with Gasteiger partial charge in [0.25, 0.3) is 0 Å². The Morgan fingerprint density at radius 3 is 1.61 bits per heavy atom. The summed E-state index contributed by atoms with van der Waals surface area (Å²) in [5, 5.41) is 4.20. The zero-order chi connectivity index (χ0) is 21.5. The van der Waals surface area contributed by atoms with Crippen molar-refractivity contribution in [1.29, 1.82) is 0 Å². The molecule has 0 aromatic heterocycles. The van der Waals surface area contributed by atoms with Gasteiger partial charge < -0.3 is 14.6 Å². The van der Waals surface area contributed by atoms with Crippen LogP contribution in [0.25, 0.3) is 0 Å². The number of hydrogen-bond donors (Lipinski definition) is 1. The van der Waals surface area contributed by atoms with Crippen LogP contribution >= 0.6 is 7.14 Å². The predicted octanol–water partition coefficient (Wildman–Crippen LogP) is 5.43. The lowest BCUT2D eigenvalue weighted by Crippen LogP contribution is -2.26. The predicted molar refractivity (Wildman–Crippen MR) is 126 cm³/mol. The van der Waals surface area contributed by atoms with E-state index in [1.165, 1.54) is 0 Å². The van der Waals surface area contributed by atoms with E-state index in [4.69, 9.17) is 4.74 Å². The second-order valence-corrected chi connectivity index (χ2v) is 9.89. The highest BCUT2D eigenvalue weighted by Crippen LogP contribution is 2.43. The highest BCUT2D eigenvalue weighted by atomic mass is 31.2. The topological polar surface area (TPSA) is 55.4 Å². The van der Waals surface area contributed by atoms with Gasteiger partial charge in [-0.25, -0.2) is 0 Å². The Morgan fingerprint density at radius 1 is 0.645 bits per heavy atom. The first-order valence-corrected chi connectivity index (χ1v) is 11.9. The van der Waals surface area contributed by atoms with E-state index in [0.29, 0.717) is 22.0 Å². The summed E-state index contributed by atoms with van der Waals surface area (Å²) in [4.78, 5) is 12.8. The highest BCUT2D eigenvalue weighted by molar-refractivity contribution is 7.79. The van der Waals surface area contributed by atoms with E-state index >= 15 is 0 Å². The Bertz CT molecular complexity index is 1130. The number of carbonyl (C=O) groups is 1. The summed E-state index contributed by atoms with van der Waals surface area (Å²) in [7, 11) is -3.11. The minimum absolute atomic E-state index is 0.108. The van der Waals surface area contributed by atoms with Crippen LogP contribution < -0.4 is 20.7 Å². The van der Waals surface area contributed by atoms with Gasteiger partial charge in [0, 0.05) is 16.3 Å². The second kappa shape index (κ2) is 9.46. The third-order valence-electron chi connectivity index (χ3n) is 4.83. The summed E-state index contributed by atoms with van der Waals surface area (Å²) in [5.41, 5.74) is 0.623. The van der Waals surface area contributed by atoms with Crippen LogP contribution in [-0.4, -0.2) is 12.1 Å². The Hall–Kier alpha value is -3.62. The van der Waals surface area contributed by atoms with E-state index in [2.05, 4.69) is 5.32 Å². The van der Waals surface area contributed by atoms with E-state index in [1.807, 2.05) is 91.0 Å². The molecule has 0 bridgehead atoms. The quantitative estimate of drug-likeness (QED) is 0.400. The molecule has 0 heterocycles.